The lowest BCUT2D eigenvalue weighted by atomic mass is 9.69. The van der Waals surface area contributed by atoms with Crippen LogP contribution in [0.3, 0.4) is 0 Å². The molecule has 2 fully saturated rings. The minimum atomic E-state index is -4.80. The molecule has 0 saturated carbocycles. The molecular formula is C19H22BFN6O8P-. The maximum Gasteiger partial charge on any atom is 0.469 e. The fourth-order valence-electron chi connectivity index (χ4n) is 4.97. The highest BCUT2D eigenvalue weighted by Gasteiger charge is 2.58. The van der Waals surface area contributed by atoms with Gasteiger partial charge in [-0.1, -0.05) is 11.6 Å². The third-order valence-corrected chi connectivity index (χ3v) is 6.95. The molecule has 17 heteroatoms. The number of imidazole rings is 1. The summed E-state index contributed by atoms with van der Waals surface area (Å²) in [5.41, 5.74) is 8.01. The van der Waals surface area contributed by atoms with Gasteiger partial charge in [-0.2, -0.15) is 0 Å². The van der Waals surface area contributed by atoms with Gasteiger partial charge in [0.25, 0.3) is 0 Å². The van der Waals surface area contributed by atoms with Gasteiger partial charge in [-0.25, -0.2) is 23.9 Å². The second-order valence-corrected chi connectivity index (χ2v) is 9.89. The SMILES string of the molecule is CCNc1cc2c(cc1F)CO[B@@-]21O[C@@H]2[C@H](O1)[C@@H](COP(=O)(O)O)O[C@H]2n1cnc2c(N)ncnc21. The lowest BCUT2D eigenvalue weighted by Gasteiger charge is -2.34. The Morgan fingerprint density at radius 3 is 2.89 bits per heavy atom. The van der Waals surface area contributed by atoms with Crippen LogP contribution >= 0.6 is 7.82 Å². The predicted molar refractivity (Wildman–Crippen MR) is 122 cm³/mol. The van der Waals surface area contributed by atoms with Crippen molar-refractivity contribution < 1.29 is 42.0 Å². The number of phosphoric ester groups is 1. The number of nitrogens with zero attached hydrogens (tertiary/aromatic N) is 4. The van der Waals surface area contributed by atoms with Crippen molar-refractivity contribution in [1.29, 1.82) is 0 Å². The van der Waals surface area contributed by atoms with Gasteiger partial charge in [0.1, 0.15) is 23.8 Å². The number of fused-ring (bicyclic) bond motifs is 4. The molecule has 0 aliphatic carbocycles. The molecule has 192 valence electrons. The van der Waals surface area contributed by atoms with Crippen LogP contribution in [-0.4, -0.2) is 67.5 Å². The lowest BCUT2D eigenvalue weighted by Crippen LogP contribution is -2.51. The average Bonchev–Trinajstić information content (AvgIpc) is 3.57. The van der Waals surface area contributed by atoms with Crippen LogP contribution in [0, 0.1) is 5.82 Å². The fraction of sp³-hybridized carbons (Fsp3) is 0.421. The number of hydrogen-bond donors (Lipinski definition) is 4. The maximum atomic E-state index is 14.5. The van der Waals surface area contributed by atoms with E-state index < -0.39 is 51.5 Å². The van der Waals surface area contributed by atoms with E-state index in [4.69, 9.17) is 29.0 Å². The summed E-state index contributed by atoms with van der Waals surface area (Å²) >= 11 is 0. The Balaban J connectivity index is 1.39. The summed E-state index contributed by atoms with van der Waals surface area (Å²) in [4.78, 5) is 30.9. The third-order valence-electron chi connectivity index (χ3n) is 6.46. The summed E-state index contributed by atoms with van der Waals surface area (Å²) in [5.74, 6) is -0.258. The number of nitrogens with two attached hydrogens (primary N) is 1. The molecule has 0 bridgehead atoms. The van der Waals surface area contributed by atoms with Gasteiger partial charge in [0.15, 0.2) is 17.7 Å². The summed E-state index contributed by atoms with van der Waals surface area (Å²) in [6.45, 7) is -0.604. The highest BCUT2D eigenvalue weighted by atomic mass is 31.2. The van der Waals surface area contributed by atoms with Crippen molar-refractivity contribution in [3.63, 3.8) is 0 Å². The molecule has 6 rings (SSSR count). The number of aromatic nitrogens is 4. The molecule has 0 radical (unpaired) electrons. The van der Waals surface area contributed by atoms with Crippen LogP contribution in [0.1, 0.15) is 18.7 Å². The van der Waals surface area contributed by atoms with Gasteiger partial charge < -0.3 is 39.5 Å². The molecule has 0 amide bonds. The zero-order valence-electron chi connectivity index (χ0n) is 18.9. The number of rotatable bonds is 6. The largest absolute Gasteiger partial charge is 0.537 e. The van der Waals surface area contributed by atoms with Gasteiger partial charge in [0.2, 0.25) is 0 Å². The Morgan fingerprint density at radius 2 is 2.11 bits per heavy atom. The number of anilines is 2. The van der Waals surface area contributed by atoms with Crippen molar-refractivity contribution in [2.75, 3.05) is 24.2 Å². The molecule has 1 aromatic carbocycles. The minimum absolute atomic E-state index is 0.0606. The summed E-state index contributed by atoms with van der Waals surface area (Å²) < 4.78 is 56.9. The zero-order valence-corrected chi connectivity index (χ0v) is 19.7. The van der Waals surface area contributed by atoms with E-state index in [-0.39, 0.29) is 18.1 Å². The molecule has 3 aromatic rings. The Hall–Kier alpha value is -2.69. The van der Waals surface area contributed by atoms with Crippen LogP contribution in [0.4, 0.5) is 15.9 Å². The lowest BCUT2D eigenvalue weighted by molar-refractivity contribution is -0.0664. The summed E-state index contributed by atoms with van der Waals surface area (Å²) in [6, 6.07) is 2.97. The first-order valence-electron chi connectivity index (χ1n) is 11.2. The second kappa shape index (κ2) is 8.43. The number of nitrogens with one attached hydrogen (secondary N) is 1. The number of halogens is 1. The standard InChI is InChI=1S/C19H22BFN6O8P/c1-2-23-12-4-10-9(3-11(12)21)5-31-20(10)34-15-13(6-32-36(28,29)30)33-19(16(15)35-20)27-8-26-14-17(22)24-7-25-18(14)27/h3-4,7-8,13,15-16,19,23H,2,5-6H2,1H3,(H2,22,24,25)(H2,28,29,30)/q-1/t13-,15-,16-,19-,20+/m1/s1. The van der Waals surface area contributed by atoms with Gasteiger partial charge in [-0.15, -0.1) is 5.46 Å². The first kappa shape index (κ1) is 23.7. The quantitative estimate of drug-likeness (QED) is 0.253. The minimum Gasteiger partial charge on any atom is -0.537 e. The summed E-state index contributed by atoms with van der Waals surface area (Å²) in [7, 11) is -4.80. The van der Waals surface area contributed by atoms with Crippen molar-refractivity contribution in [2.24, 2.45) is 0 Å². The Morgan fingerprint density at radius 1 is 1.31 bits per heavy atom. The van der Waals surface area contributed by atoms with E-state index in [2.05, 4.69) is 20.3 Å². The zero-order chi connectivity index (χ0) is 25.2. The van der Waals surface area contributed by atoms with Crippen molar-refractivity contribution in [2.45, 2.75) is 38.1 Å². The fourth-order valence-corrected chi connectivity index (χ4v) is 5.31. The molecule has 5 atom stereocenters. The molecule has 5 heterocycles. The van der Waals surface area contributed by atoms with E-state index in [9.17, 15) is 18.7 Å². The van der Waals surface area contributed by atoms with E-state index in [1.165, 1.54) is 18.7 Å². The maximum absolute atomic E-state index is 14.5. The van der Waals surface area contributed by atoms with E-state index in [1.54, 1.807) is 10.6 Å². The van der Waals surface area contributed by atoms with Crippen molar-refractivity contribution in [1.82, 2.24) is 19.5 Å². The van der Waals surface area contributed by atoms with E-state index in [0.29, 0.717) is 28.7 Å². The van der Waals surface area contributed by atoms with Crippen LogP contribution in [0.2, 0.25) is 0 Å². The topological polar surface area (TPSA) is 185 Å². The monoisotopic (exact) mass is 523 g/mol. The highest BCUT2D eigenvalue weighted by Crippen LogP contribution is 2.46. The molecule has 3 aliphatic rings. The summed E-state index contributed by atoms with van der Waals surface area (Å²) in [5, 5.41) is 2.96. The van der Waals surface area contributed by atoms with Crippen LogP contribution in [-0.2, 0) is 34.4 Å². The first-order chi connectivity index (χ1) is 17.2. The van der Waals surface area contributed by atoms with Gasteiger partial charge >= 0.3 is 14.6 Å². The number of benzene rings is 1. The van der Waals surface area contributed by atoms with Gasteiger partial charge in [-0.05, 0) is 13.0 Å². The molecule has 36 heavy (non-hydrogen) atoms. The van der Waals surface area contributed by atoms with Gasteiger partial charge in [-0.3, -0.25) is 9.09 Å². The van der Waals surface area contributed by atoms with Crippen LogP contribution in [0.5, 0.6) is 0 Å². The Bertz CT molecular complexity index is 1390. The van der Waals surface area contributed by atoms with Crippen LogP contribution in [0.15, 0.2) is 24.8 Å². The number of nitrogen functional groups attached to an aromatic ring is 1. The molecule has 2 aromatic heterocycles. The number of ether oxygens (including phenoxy) is 1. The van der Waals surface area contributed by atoms with E-state index in [1.807, 2.05) is 6.92 Å². The third kappa shape index (κ3) is 3.77. The highest BCUT2D eigenvalue weighted by molar-refractivity contribution is 7.46. The van der Waals surface area contributed by atoms with Gasteiger partial charge in [0.05, 0.1) is 30.8 Å². The molecule has 0 unspecified atom stereocenters. The van der Waals surface area contributed by atoms with Crippen molar-refractivity contribution in [3.05, 3.63) is 36.2 Å². The van der Waals surface area contributed by atoms with E-state index in [0.717, 1.165) is 0 Å². The van der Waals surface area contributed by atoms with Crippen molar-refractivity contribution in [3.8, 4) is 0 Å². The molecule has 1 spiro atoms. The molecule has 3 aliphatic heterocycles. The number of phosphoric acid groups is 1. The Labute approximate surface area is 203 Å². The second-order valence-electron chi connectivity index (χ2n) is 8.65. The normalized spacial score (nSPS) is 29.2. The number of hydrogen-bond acceptors (Lipinski definition) is 11. The molecule has 14 nitrogen and oxygen atoms in total. The Kier molecular flexibility index (Phi) is 5.55. The predicted octanol–water partition coefficient (Wildman–Crippen LogP) is 0.146. The first-order valence-corrected chi connectivity index (χ1v) is 12.7. The molecule has 2 saturated heterocycles. The average molecular weight is 523 g/mol. The van der Waals surface area contributed by atoms with Crippen molar-refractivity contribution >= 4 is 42.7 Å². The molecular weight excluding hydrogens is 501 g/mol. The van der Waals surface area contributed by atoms with Gasteiger partial charge in [0, 0.05) is 13.2 Å². The molecule has 5 N–H and O–H groups in total. The van der Waals surface area contributed by atoms with Crippen LogP contribution < -0.4 is 16.5 Å². The van der Waals surface area contributed by atoms with E-state index >= 15 is 0 Å². The summed E-state index contributed by atoms with van der Waals surface area (Å²) in [6.07, 6.45) is -0.776. The van der Waals surface area contributed by atoms with Crippen LogP contribution in [0.25, 0.3) is 11.2 Å². The smallest absolute Gasteiger partial charge is 0.469 e.